The minimum atomic E-state index is -0.872. The van der Waals surface area contributed by atoms with Gasteiger partial charge in [-0.25, -0.2) is 4.39 Å². The molecular formula is C14H15FN2O3. The van der Waals surface area contributed by atoms with Crippen LogP contribution in [-0.4, -0.2) is 30.2 Å². The molecule has 5 nitrogen and oxygen atoms in total. The molecule has 0 saturated carbocycles. The van der Waals surface area contributed by atoms with Gasteiger partial charge in [0.15, 0.2) is 0 Å². The summed E-state index contributed by atoms with van der Waals surface area (Å²) in [4.78, 5) is 36.3. The maximum atomic E-state index is 14.0. The van der Waals surface area contributed by atoms with Gasteiger partial charge in [0.05, 0.1) is 11.3 Å². The fourth-order valence-corrected chi connectivity index (χ4v) is 2.18. The Morgan fingerprint density at radius 3 is 2.60 bits per heavy atom. The molecular weight excluding hydrogens is 263 g/mol. The summed E-state index contributed by atoms with van der Waals surface area (Å²) in [6, 6.07) is 2.59. The molecule has 1 heterocycles. The number of nitrogens with one attached hydrogen (secondary N) is 1. The second-order valence-electron chi connectivity index (χ2n) is 5.09. The predicted molar refractivity (Wildman–Crippen MR) is 71.1 cm³/mol. The van der Waals surface area contributed by atoms with Gasteiger partial charge in [0.1, 0.15) is 12.4 Å². The van der Waals surface area contributed by atoms with Gasteiger partial charge in [0, 0.05) is 6.04 Å². The topological polar surface area (TPSA) is 66.5 Å². The SMILES string of the molecule is Cc1cc(F)c2c(c1)C(=O)C(=O)N2CC(=O)NC(C)C. The summed E-state index contributed by atoms with van der Waals surface area (Å²) in [7, 11) is 0. The molecule has 0 spiro atoms. The van der Waals surface area contributed by atoms with Gasteiger partial charge in [-0.1, -0.05) is 0 Å². The van der Waals surface area contributed by atoms with Gasteiger partial charge < -0.3 is 5.32 Å². The smallest absolute Gasteiger partial charge is 0.300 e. The quantitative estimate of drug-likeness (QED) is 0.844. The van der Waals surface area contributed by atoms with Crippen LogP contribution < -0.4 is 10.2 Å². The van der Waals surface area contributed by atoms with Gasteiger partial charge in [-0.15, -0.1) is 0 Å². The average Bonchev–Trinajstić information content (AvgIpc) is 2.53. The van der Waals surface area contributed by atoms with Crippen LogP contribution in [0.1, 0.15) is 29.8 Å². The van der Waals surface area contributed by atoms with Crippen LogP contribution in [-0.2, 0) is 9.59 Å². The van der Waals surface area contributed by atoms with Gasteiger partial charge in [-0.2, -0.15) is 0 Å². The Kier molecular flexibility index (Phi) is 3.57. The maximum Gasteiger partial charge on any atom is 0.300 e. The summed E-state index contributed by atoms with van der Waals surface area (Å²) in [5.41, 5.74) is 0.463. The highest BCUT2D eigenvalue weighted by Crippen LogP contribution is 2.32. The molecule has 0 bridgehead atoms. The van der Waals surface area contributed by atoms with Crippen LogP contribution in [0.15, 0.2) is 12.1 Å². The van der Waals surface area contributed by atoms with Gasteiger partial charge in [-0.05, 0) is 38.5 Å². The number of rotatable bonds is 3. The lowest BCUT2D eigenvalue weighted by Gasteiger charge is -2.17. The largest absolute Gasteiger partial charge is 0.352 e. The van der Waals surface area contributed by atoms with Crippen molar-refractivity contribution in [2.45, 2.75) is 26.8 Å². The number of anilines is 1. The Morgan fingerprint density at radius 2 is 2.00 bits per heavy atom. The number of carbonyl (C=O) groups is 3. The average molecular weight is 278 g/mol. The van der Waals surface area contributed by atoms with E-state index in [0.717, 1.165) is 4.90 Å². The molecule has 0 aliphatic carbocycles. The number of ketones is 1. The summed E-state index contributed by atoms with van der Waals surface area (Å²) < 4.78 is 14.0. The van der Waals surface area contributed by atoms with Crippen LogP contribution in [0.25, 0.3) is 0 Å². The molecule has 0 atom stereocenters. The molecule has 106 valence electrons. The lowest BCUT2D eigenvalue weighted by molar-refractivity contribution is -0.122. The molecule has 1 N–H and O–H groups in total. The Bertz CT molecular complexity index is 611. The molecule has 1 aliphatic rings. The number of hydrogen-bond acceptors (Lipinski definition) is 3. The third-order valence-electron chi connectivity index (χ3n) is 2.91. The van der Waals surface area contributed by atoms with Crippen LogP contribution in [0, 0.1) is 12.7 Å². The zero-order valence-electron chi connectivity index (χ0n) is 11.5. The van der Waals surface area contributed by atoms with E-state index in [0.29, 0.717) is 5.56 Å². The van der Waals surface area contributed by atoms with Gasteiger partial charge >= 0.3 is 0 Å². The van der Waals surface area contributed by atoms with Crippen molar-refractivity contribution in [3.63, 3.8) is 0 Å². The molecule has 0 aromatic heterocycles. The molecule has 0 fully saturated rings. The first-order chi connectivity index (χ1) is 9.31. The van der Waals surface area contributed by atoms with Crippen molar-refractivity contribution in [3.05, 3.63) is 29.1 Å². The van der Waals surface area contributed by atoms with Crippen LogP contribution in [0.3, 0.4) is 0 Å². The van der Waals surface area contributed by atoms with Crippen molar-refractivity contribution >= 4 is 23.3 Å². The highest BCUT2D eigenvalue weighted by atomic mass is 19.1. The van der Waals surface area contributed by atoms with Gasteiger partial charge in [0.25, 0.3) is 11.7 Å². The highest BCUT2D eigenvalue weighted by molar-refractivity contribution is 6.52. The first-order valence-corrected chi connectivity index (χ1v) is 6.27. The second kappa shape index (κ2) is 5.03. The molecule has 0 saturated heterocycles. The van der Waals surface area contributed by atoms with E-state index in [1.807, 2.05) is 0 Å². The monoisotopic (exact) mass is 278 g/mol. The molecule has 2 amide bonds. The van der Waals surface area contributed by atoms with Crippen molar-refractivity contribution in [3.8, 4) is 0 Å². The van der Waals surface area contributed by atoms with E-state index in [9.17, 15) is 18.8 Å². The predicted octanol–water partition coefficient (Wildman–Crippen LogP) is 1.19. The van der Waals surface area contributed by atoms with Crippen LogP contribution >= 0.6 is 0 Å². The van der Waals surface area contributed by atoms with Crippen molar-refractivity contribution < 1.29 is 18.8 Å². The molecule has 1 aromatic carbocycles. The maximum absolute atomic E-state index is 14.0. The molecule has 20 heavy (non-hydrogen) atoms. The zero-order chi connectivity index (χ0) is 15.0. The number of halogens is 1. The normalized spacial score (nSPS) is 13.9. The van der Waals surface area contributed by atoms with E-state index in [-0.39, 0.29) is 23.8 Å². The third kappa shape index (κ3) is 2.41. The second-order valence-corrected chi connectivity index (χ2v) is 5.09. The summed E-state index contributed by atoms with van der Waals surface area (Å²) >= 11 is 0. The zero-order valence-corrected chi connectivity index (χ0v) is 11.5. The van der Waals surface area contributed by atoms with Crippen molar-refractivity contribution in [1.82, 2.24) is 5.32 Å². The lowest BCUT2D eigenvalue weighted by atomic mass is 10.1. The number of carbonyl (C=O) groups excluding carboxylic acids is 3. The molecule has 6 heteroatoms. The number of aryl methyl sites for hydroxylation is 1. The molecule has 0 unspecified atom stereocenters. The highest BCUT2D eigenvalue weighted by Gasteiger charge is 2.39. The van der Waals surface area contributed by atoms with Crippen molar-refractivity contribution in [1.29, 1.82) is 0 Å². The molecule has 1 aliphatic heterocycles. The molecule has 0 radical (unpaired) electrons. The van der Waals surface area contributed by atoms with Gasteiger partial charge in [0.2, 0.25) is 5.91 Å². The van der Waals surface area contributed by atoms with E-state index in [4.69, 9.17) is 0 Å². The molecule has 1 aromatic rings. The van der Waals surface area contributed by atoms with Crippen LogP contribution in [0.4, 0.5) is 10.1 Å². The number of amides is 2. The summed E-state index contributed by atoms with van der Waals surface area (Å²) in [6.45, 7) is 4.81. The first kappa shape index (κ1) is 14.2. The first-order valence-electron chi connectivity index (χ1n) is 6.27. The van der Waals surface area contributed by atoms with Crippen LogP contribution in [0.5, 0.6) is 0 Å². The summed E-state index contributed by atoms with van der Waals surface area (Å²) in [5, 5.41) is 2.60. The number of hydrogen-bond donors (Lipinski definition) is 1. The van der Waals surface area contributed by atoms with E-state index in [1.165, 1.54) is 12.1 Å². The van der Waals surface area contributed by atoms with Crippen LogP contribution in [0.2, 0.25) is 0 Å². The number of Topliss-reactive ketones (excluding diaryl/α,β-unsaturated/α-hetero) is 1. The Hall–Kier alpha value is -2.24. The number of nitrogens with zero attached hydrogens (tertiary/aromatic N) is 1. The Labute approximate surface area is 115 Å². The van der Waals surface area contributed by atoms with E-state index >= 15 is 0 Å². The summed E-state index contributed by atoms with van der Waals surface area (Å²) in [6.07, 6.45) is 0. The molecule has 2 rings (SSSR count). The Balaban J connectivity index is 2.36. The van der Waals surface area contributed by atoms with Gasteiger partial charge in [-0.3, -0.25) is 19.3 Å². The lowest BCUT2D eigenvalue weighted by Crippen LogP contribution is -2.42. The number of benzene rings is 1. The van der Waals surface area contributed by atoms with Crippen molar-refractivity contribution in [2.24, 2.45) is 0 Å². The fourth-order valence-electron chi connectivity index (χ4n) is 2.18. The van der Waals surface area contributed by atoms with Crippen molar-refractivity contribution in [2.75, 3.05) is 11.4 Å². The van der Waals surface area contributed by atoms with E-state index in [2.05, 4.69) is 5.32 Å². The van der Waals surface area contributed by atoms with E-state index < -0.39 is 23.4 Å². The minimum Gasteiger partial charge on any atom is -0.352 e. The standard InChI is InChI=1S/C14H15FN2O3/c1-7(2)16-11(18)6-17-12-9(13(19)14(17)20)4-8(3)5-10(12)15/h4-5,7H,6H2,1-3H3,(H,16,18). The fraction of sp³-hybridized carbons (Fsp3) is 0.357. The Morgan fingerprint density at radius 1 is 1.35 bits per heavy atom. The minimum absolute atomic E-state index is 0.0184. The number of fused-ring (bicyclic) bond motifs is 1. The summed E-state index contributed by atoms with van der Waals surface area (Å²) in [5.74, 6) is -2.76. The third-order valence-corrected chi connectivity index (χ3v) is 2.91. The van der Waals surface area contributed by atoms with E-state index in [1.54, 1.807) is 20.8 Å².